The van der Waals surface area contributed by atoms with Crippen LogP contribution in [0.25, 0.3) is 0 Å². The average molecular weight is 530 g/mol. The van der Waals surface area contributed by atoms with Crippen LogP contribution < -0.4 is 10.6 Å². The Morgan fingerprint density at radius 3 is 2.58 bits per heavy atom. The minimum Gasteiger partial charge on any atom is -0.379 e. The largest absolute Gasteiger partial charge is 0.416 e. The lowest BCUT2D eigenvalue weighted by Crippen LogP contribution is -2.50. The van der Waals surface area contributed by atoms with Gasteiger partial charge < -0.3 is 19.9 Å². The van der Waals surface area contributed by atoms with E-state index >= 15 is 4.39 Å². The molecule has 2 N–H and O–H groups in total. The van der Waals surface area contributed by atoms with Crippen molar-refractivity contribution in [1.29, 1.82) is 0 Å². The summed E-state index contributed by atoms with van der Waals surface area (Å²) in [6.45, 7) is -0.0469. The molecule has 11 heteroatoms. The molecule has 0 bridgehead atoms. The van der Waals surface area contributed by atoms with E-state index in [1.165, 1.54) is 21.9 Å². The van der Waals surface area contributed by atoms with E-state index in [1.54, 1.807) is 31.3 Å². The third-order valence-corrected chi connectivity index (χ3v) is 7.99. The molecule has 1 amide bonds. The number of ether oxygens (including phenoxy) is 1. The number of fused-ring (bicyclic) bond motifs is 1. The number of aromatic nitrogens is 3. The van der Waals surface area contributed by atoms with E-state index < -0.39 is 35.3 Å². The van der Waals surface area contributed by atoms with Gasteiger partial charge in [-0.3, -0.25) is 4.79 Å². The van der Waals surface area contributed by atoms with Crippen LogP contribution in [0.1, 0.15) is 69.9 Å². The lowest BCUT2D eigenvalue weighted by atomic mass is 9.74. The van der Waals surface area contributed by atoms with Gasteiger partial charge in [0, 0.05) is 24.3 Å². The van der Waals surface area contributed by atoms with Crippen molar-refractivity contribution < 1.29 is 27.1 Å². The van der Waals surface area contributed by atoms with E-state index in [-0.39, 0.29) is 36.7 Å². The van der Waals surface area contributed by atoms with Crippen molar-refractivity contribution in [1.82, 2.24) is 14.8 Å². The normalized spacial score (nSPS) is 20.3. The molecule has 38 heavy (non-hydrogen) atoms. The predicted octanol–water partition coefficient (Wildman–Crippen LogP) is 4.77. The van der Waals surface area contributed by atoms with Crippen molar-refractivity contribution in [2.75, 3.05) is 18.1 Å². The summed E-state index contributed by atoms with van der Waals surface area (Å²) in [5.41, 5.74) is 5.59. The second-order valence-electron chi connectivity index (χ2n) is 10.6. The van der Waals surface area contributed by atoms with Crippen LogP contribution >= 0.6 is 0 Å². The molecule has 2 fully saturated rings. The van der Waals surface area contributed by atoms with Crippen molar-refractivity contribution in [3.05, 3.63) is 76.4 Å². The SMILES string of the molecule is Cn1cnnc1[C@H](F)C1(c2cccc(N3Cc4c(cc([C@@H](N)CC5CC5)cc4C(F)(F)F)C3=O)c2)COC1. The highest BCUT2D eigenvalue weighted by molar-refractivity contribution is 6.10. The van der Waals surface area contributed by atoms with E-state index in [0.717, 1.165) is 18.9 Å². The topological polar surface area (TPSA) is 86.3 Å². The lowest BCUT2D eigenvalue weighted by Gasteiger charge is -2.43. The molecule has 2 atom stereocenters. The number of alkyl halides is 4. The molecule has 3 aromatic rings. The van der Waals surface area contributed by atoms with Gasteiger partial charge in [0.05, 0.1) is 30.7 Å². The molecule has 3 heterocycles. The fourth-order valence-corrected chi connectivity index (χ4v) is 5.49. The quantitative estimate of drug-likeness (QED) is 0.446. The van der Waals surface area contributed by atoms with Gasteiger partial charge >= 0.3 is 6.18 Å². The predicted molar refractivity (Wildman–Crippen MR) is 130 cm³/mol. The van der Waals surface area contributed by atoms with Crippen molar-refractivity contribution in [2.24, 2.45) is 18.7 Å². The number of hydrogen-bond donors (Lipinski definition) is 1. The second-order valence-corrected chi connectivity index (χ2v) is 10.6. The van der Waals surface area contributed by atoms with Crippen LogP contribution in [0.5, 0.6) is 0 Å². The van der Waals surface area contributed by atoms with Gasteiger partial charge in [-0.1, -0.05) is 25.0 Å². The Morgan fingerprint density at radius 1 is 1.21 bits per heavy atom. The third kappa shape index (κ3) is 4.08. The van der Waals surface area contributed by atoms with Crippen LogP contribution in [0.3, 0.4) is 0 Å². The molecule has 1 aliphatic carbocycles. The molecule has 7 nitrogen and oxygen atoms in total. The van der Waals surface area contributed by atoms with Crippen LogP contribution in [0.4, 0.5) is 23.2 Å². The molecule has 3 aliphatic rings. The van der Waals surface area contributed by atoms with E-state index in [2.05, 4.69) is 10.2 Å². The summed E-state index contributed by atoms with van der Waals surface area (Å²) in [5.74, 6) is 0.0339. The van der Waals surface area contributed by atoms with Gasteiger partial charge in [0.1, 0.15) is 6.33 Å². The molecule has 1 aromatic heterocycles. The Hall–Kier alpha value is -3.31. The summed E-state index contributed by atoms with van der Waals surface area (Å²) < 4.78 is 65.0. The number of nitrogens with zero attached hydrogens (tertiary/aromatic N) is 4. The molecule has 0 unspecified atom stereocenters. The summed E-state index contributed by atoms with van der Waals surface area (Å²) in [7, 11) is 1.65. The van der Waals surface area contributed by atoms with E-state index in [4.69, 9.17) is 10.5 Å². The van der Waals surface area contributed by atoms with Crippen LogP contribution in [0.15, 0.2) is 42.7 Å². The Labute approximate surface area is 216 Å². The first-order valence-corrected chi connectivity index (χ1v) is 12.6. The van der Waals surface area contributed by atoms with Crippen molar-refractivity contribution >= 4 is 11.6 Å². The maximum atomic E-state index is 15.8. The Bertz CT molecular complexity index is 1400. The van der Waals surface area contributed by atoms with Gasteiger partial charge in [0.15, 0.2) is 12.0 Å². The van der Waals surface area contributed by atoms with Gasteiger partial charge in [-0.15, -0.1) is 10.2 Å². The van der Waals surface area contributed by atoms with Gasteiger partial charge in [0.25, 0.3) is 5.91 Å². The minimum absolute atomic E-state index is 0.00983. The Kier molecular flexibility index (Phi) is 5.84. The molecular formula is C27H27F4N5O2. The number of rotatable bonds is 7. The highest BCUT2D eigenvalue weighted by Crippen LogP contribution is 2.47. The fourth-order valence-electron chi connectivity index (χ4n) is 5.49. The monoisotopic (exact) mass is 529 g/mol. The van der Waals surface area contributed by atoms with Crippen molar-refractivity contribution in [3.8, 4) is 0 Å². The maximum absolute atomic E-state index is 15.8. The number of nitrogens with two attached hydrogens (primary N) is 1. The van der Waals surface area contributed by atoms with Gasteiger partial charge in [0.2, 0.25) is 0 Å². The molecule has 2 aliphatic heterocycles. The smallest absolute Gasteiger partial charge is 0.379 e. The number of halogens is 4. The number of anilines is 1. The zero-order valence-electron chi connectivity index (χ0n) is 20.7. The molecular weight excluding hydrogens is 502 g/mol. The van der Waals surface area contributed by atoms with Gasteiger partial charge in [-0.2, -0.15) is 13.2 Å². The molecule has 2 aromatic carbocycles. The van der Waals surface area contributed by atoms with E-state index in [1.807, 2.05) is 0 Å². The number of amides is 1. The standard InChI is InChI=1S/C27H27F4N5O2/c1-35-14-33-34-24(35)23(28)26(12-38-13-26)17-3-2-4-18(10-17)36-11-20-19(25(36)37)8-16(9-21(20)27(29,30)31)22(32)7-15-5-6-15/h2-4,8-10,14-15,22-23H,5-7,11-13,32H2,1H3/t22-,23-/m0/s1. The van der Waals surface area contributed by atoms with Crippen LogP contribution in [-0.2, 0) is 29.9 Å². The second kappa shape index (κ2) is 8.88. The first-order chi connectivity index (χ1) is 18.1. The molecule has 0 radical (unpaired) electrons. The van der Waals surface area contributed by atoms with Crippen LogP contribution in [-0.4, -0.2) is 33.9 Å². The van der Waals surface area contributed by atoms with E-state index in [0.29, 0.717) is 29.2 Å². The summed E-state index contributed by atoms with van der Waals surface area (Å²) >= 11 is 0. The minimum atomic E-state index is -4.64. The zero-order valence-corrected chi connectivity index (χ0v) is 20.7. The van der Waals surface area contributed by atoms with Crippen molar-refractivity contribution in [2.45, 2.75) is 49.6 Å². The van der Waals surface area contributed by atoms with Crippen LogP contribution in [0, 0.1) is 5.92 Å². The highest BCUT2D eigenvalue weighted by atomic mass is 19.4. The van der Waals surface area contributed by atoms with Crippen LogP contribution in [0.2, 0.25) is 0 Å². The molecule has 1 saturated heterocycles. The number of carbonyl (C=O) groups is 1. The first-order valence-electron chi connectivity index (χ1n) is 12.6. The summed E-state index contributed by atoms with van der Waals surface area (Å²) in [6, 6.07) is 8.74. The summed E-state index contributed by atoms with van der Waals surface area (Å²) in [6.07, 6.45) is -2.11. The number of benzene rings is 2. The van der Waals surface area contributed by atoms with Crippen molar-refractivity contribution in [3.63, 3.8) is 0 Å². The Morgan fingerprint density at radius 2 is 1.97 bits per heavy atom. The van der Waals surface area contributed by atoms with E-state index in [9.17, 15) is 18.0 Å². The van der Waals surface area contributed by atoms with Gasteiger partial charge in [-0.05, 0) is 53.3 Å². The zero-order chi connectivity index (χ0) is 26.8. The molecule has 0 spiro atoms. The number of hydrogen-bond acceptors (Lipinski definition) is 5. The third-order valence-electron chi connectivity index (χ3n) is 7.99. The average Bonchev–Trinajstić information content (AvgIpc) is 3.46. The highest BCUT2D eigenvalue weighted by Gasteiger charge is 2.51. The lowest BCUT2D eigenvalue weighted by molar-refractivity contribution is -0.138. The fraction of sp³-hybridized carbons (Fsp3) is 0.444. The molecule has 200 valence electrons. The summed E-state index contributed by atoms with van der Waals surface area (Å²) in [5, 5.41) is 7.67. The number of aryl methyl sites for hydroxylation is 1. The molecule has 1 saturated carbocycles. The first kappa shape index (κ1) is 25.0. The van der Waals surface area contributed by atoms with Gasteiger partial charge in [-0.25, -0.2) is 4.39 Å². The maximum Gasteiger partial charge on any atom is 0.416 e. The summed E-state index contributed by atoms with van der Waals surface area (Å²) in [4.78, 5) is 14.8. The molecule has 6 rings (SSSR count). The number of carbonyl (C=O) groups excluding carboxylic acids is 1. The Balaban J connectivity index is 1.35.